The van der Waals surface area contributed by atoms with Crippen LogP contribution in [0.2, 0.25) is 0 Å². The van der Waals surface area contributed by atoms with Crippen LogP contribution in [0.5, 0.6) is 0 Å². The average molecular weight is 389 g/mol. The molecule has 0 saturated heterocycles. The van der Waals surface area contributed by atoms with Crippen molar-refractivity contribution in [1.29, 1.82) is 0 Å². The van der Waals surface area contributed by atoms with Crippen molar-refractivity contribution in [2.45, 2.75) is 92.3 Å². The molecule has 0 heterocycles. The van der Waals surface area contributed by atoms with Crippen molar-refractivity contribution in [1.82, 2.24) is 0 Å². The minimum absolute atomic E-state index is 0.0335. The molecule has 0 aromatic rings. The topological polar surface area (TPSA) is 52.6 Å². The first-order valence-corrected chi connectivity index (χ1v) is 11.0. The van der Waals surface area contributed by atoms with Crippen molar-refractivity contribution in [2.75, 3.05) is 0 Å². The van der Waals surface area contributed by atoms with Gasteiger partial charge in [0.25, 0.3) is 0 Å². The highest BCUT2D eigenvalue weighted by molar-refractivity contribution is 5.91. The third-order valence-corrected chi connectivity index (χ3v) is 10.2. The molecule has 4 aliphatic rings. The largest absolute Gasteiger partial charge is 0.459 e. The first-order chi connectivity index (χ1) is 12.9. The highest BCUT2D eigenvalue weighted by Crippen LogP contribution is 2.67. The molecule has 156 valence electrons. The number of ether oxygens (including phenoxy) is 2. The second-order valence-electron chi connectivity index (χ2n) is 11.5. The molecule has 0 N–H and O–H groups in total. The van der Waals surface area contributed by atoms with E-state index in [0.29, 0.717) is 11.8 Å². The Morgan fingerprint density at radius 3 is 1.96 bits per heavy atom. The van der Waals surface area contributed by atoms with E-state index in [1.807, 2.05) is 0 Å². The lowest BCUT2D eigenvalue weighted by molar-refractivity contribution is -0.152. The second-order valence-corrected chi connectivity index (χ2v) is 11.5. The smallest absolute Gasteiger partial charge is 0.331 e. The molecular formula is C24H36O4. The second kappa shape index (κ2) is 6.09. The Balaban J connectivity index is 1.32. The molecular weight excluding hydrogens is 352 g/mol. The maximum Gasteiger partial charge on any atom is 0.331 e. The summed E-state index contributed by atoms with van der Waals surface area (Å²) in [4.78, 5) is 24.6. The van der Waals surface area contributed by atoms with Crippen LogP contribution in [0, 0.1) is 33.5 Å². The Kier molecular flexibility index (Phi) is 4.34. The fourth-order valence-electron chi connectivity index (χ4n) is 7.14. The van der Waals surface area contributed by atoms with Crippen molar-refractivity contribution in [2.24, 2.45) is 33.5 Å². The molecule has 0 aromatic heterocycles. The van der Waals surface area contributed by atoms with Gasteiger partial charge in [0.15, 0.2) is 0 Å². The molecule has 0 unspecified atom stereocenters. The van der Waals surface area contributed by atoms with Crippen molar-refractivity contribution in [3.8, 4) is 0 Å². The van der Waals surface area contributed by atoms with E-state index in [1.165, 1.54) is 25.0 Å². The summed E-state index contributed by atoms with van der Waals surface area (Å²) in [7, 11) is 0. The Labute approximate surface area is 169 Å². The zero-order valence-corrected chi connectivity index (χ0v) is 18.3. The summed E-state index contributed by atoms with van der Waals surface area (Å²) in [6.45, 7) is 13.7. The highest BCUT2D eigenvalue weighted by atomic mass is 16.6. The predicted molar refractivity (Wildman–Crippen MR) is 107 cm³/mol. The lowest BCUT2D eigenvalue weighted by atomic mass is 9.70. The summed E-state index contributed by atoms with van der Waals surface area (Å²) in [6.07, 6.45) is 8.92. The van der Waals surface area contributed by atoms with Crippen LogP contribution >= 0.6 is 0 Å². The third kappa shape index (κ3) is 2.62. The molecule has 4 rings (SSSR count). The van der Waals surface area contributed by atoms with E-state index in [9.17, 15) is 9.59 Å². The molecule has 6 atom stereocenters. The maximum absolute atomic E-state index is 12.3. The predicted octanol–water partition coefficient (Wildman–Crippen LogP) is 5.06. The highest BCUT2D eigenvalue weighted by Gasteiger charge is 2.63. The van der Waals surface area contributed by atoms with Gasteiger partial charge in [-0.15, -0.1) is 0 Å². The van der Waals surface area contributed by atoms with Crippen molar-refractivity contribution >= 4 is 11.9 Å². The summed E-state index contributed by atoms with van der Waals surface area (Å²) in [5.74, 6) is 0.185. The number of rotatable bonds is 4. The van der Waals surface area contributed by atoms with Crippen LogP contribution in [0.1, 0.15) is 80.1 Å². The van der Waals surface area contributed by atoms with Gasteiger partial charge in [-0.3, -0.25) is 0 Å². The van der Waals surface area contributed by atoms with Crippen LogP contribution < -0.4 is 0 Å². The van der Waals surface area contributed by atoms with E-state index in [0.717, 1.165) is 25.7 Å². The van der Waals surface area contributed by atoms with E-state index < -0.39 is 11.9 Å². The van der Waals surface area contributed by atoms with Crippen LogP contribution in [0.4, 0.5) is 0 Å². The van der Waals surface area contributed by atoms with E-state index >= 15 is 0 Å². The zero-order chi connectivity index (χ0) is 20.5. The van der Waals surface area contributed by atoms with Crippen molar-refractivity contribution in [3.05, 3.63) is 12.2 Å². The molecule has 0 radical (unpaired) electrons. The van der Waals surface area contributed by atoms with E-state index in [1.54, 1.807) is 0 Å². The number of carbonyl (C=O) groups is 2. The van der Waals surface area contributed by atoms with Gasteiger partial charge in [0, 0.05) is 23.5 Å². The van der Waals surface area contributed by atoms with Gasteiger partial charge in [-0.25, -0.2) is 9.59 Å². The lowest BCUT2D eigenvalue weighted by Gasteiger charge is -2.38. The SMILES string of the molecule is CC1(C)[C@H]2CC[C@@]1(C)C[C@H]2OC(=O)/C=C\C(=O)O[C@@H]1C[C@H]2CC[C@]1(C)C2(C)C. The molecule has 4 nitrogen and oxygen atoms in total. The van der Waals surface area contributed by atoms with Gasteiger partial charge in [-0.05, 0) is 60.7 Å². The van der Waals surface area contributed by atoms with Crippen LogP contribution in [0.3, 0.4) is 0 Å². The Bertz CT molecular complexity index is 717. The first-order valence-electron chi connectivity index (χ1n) is 11.0. The molecule has 0 aliphatic heterocycles. The zero-order valence-electron chi connectivity index (χ0n) is 18.3. The molecule has 4 fully saturated rings. The normalized spacial score (nSPS) is 44.9. The fourth-order valence-corrected chi connectivity index (χ4v) is 7.14. The first kappa shape index (κ1) is 20.0. The van der Waals surface area contributed by atoms with E-state index in [2.05, 4.69) is 41.5 Å². The summed E-state index contributed by atoms with van der Waals surface area (Å²) in [5.41, 5.74) is 0.678. The monoisotopic (exact) mass is 388 g/mol. The summed E-state index contributed by atoms with van der Waals surface area (Å²) >= 11 is 0. The summed E-state index contributed by atoms with van der Waals surface area (Å²) in [5, 5.41) is 0. The minimum atomic E-state index is -0.424. The van der Waals surface area contributed by atoms with Gasteiger partial charge in [0.1, 0.15) is 12.2 Å². The van der Waals surface area contributed by atoms with Crippen LogP contribution in [-0.2, 0) is 19.1 Å². The average Bonchev–Trinajstić information content (AvgIpc) is 3.11. The van der Waals surface area contributed by atoms with Gasteiger partial charge >= 0.3 is 11.9 Å². The molecule has 4 aliphatic carbocycles. The standard InChI is InChI=1S/C24H36O4/c1-21(2)15-9-12-24(21,6)18(13-15)28-20(26)8-7-19(25)27-17-14-23(5)11-10-16(17)22(23,3)4/h7-8,15-18H,9-14H2,1-6H3/b8-7-/t15-,16+,17-,18-,23+,24+/m1/s1. The Hall–Kier alpha value is -1.32. The van der Waals surface area contributed by atoms with Gasteiger partial charge in [0.05, 0.1) is 0 Å². The molecule has 0 aromatic carbocycles. The van der Waals surface area contributed by atoms with E-state index in [-0.39, 0.29) is 33.9 Å². The van der Waals surface area contributed by atoms with Gasteiger partial charge in [-0.2, -0.15) is 0 Å². The van der Waals surface area contributed by atoms with Gasteiger partial charge in [-0.1, -0.05) is 41.5 Å². The number of hydrogen-bond donors (Lipinski definition) is 0. The molecule has 0 spiro atoms. The quantitative estimate of drug-likeness (QED) is 0.499. The number of fused-ring (bicyclic) bond motifs is 4. The number of esters is 2. The maximum atomic E-state index is 12.3. The third-order valence-electron chi connectivity index (χ3n) is 10.2. The summed E-state index contributed by atoms with van der Waals surface area (Å²) in [6, 6.07) is 0. The molecule has 0 amide bonds. The van der Waals surface area contributed by atoms with Gasteiger partial charge in [0.2, 0.25) is 0 Å². The lowest BCUT2D eigenvalue weighted by Crippen LogP contribution is -2.38. The van der Waals surface area contributed by atoms with Crippen molar-refractivity contribution < 1.29 is 19.1 Å². The molecule has 4 saturated carbocycles. The minimum Gasteiger partial charge on any atom is -0.459 e. The Morgan fingerprint density at radius 2 is 1.50 bits per heavy atom. The van der Waals surface area contributed by atoms with Gasteiger partial charge < -0.3 is 9.47 Å². The molecule has 4 bridgehead atoms. The summed E-state index contributed by atoms with van der Waals surface area (Å²) < 4.78 is 11.5. The van der Waals surface area contributed by atoms with Crippen molar-refractivity contribution in [3.63, 3.8) is 0 Å². The van der Waals surface area contributed by atoms with E-state index in [4.69, 9.17) is 9.47 Å². The number of carbonyl (C=O) groups excluding carboxylic acids is 2. The Morgan fingerprint density at radius 1 is 0.857 bits per heavy atom. The fraction of sp³-hybridized carbons (Fsp3) is 0.833. The molecule has 4 heteroatoms. The number of hydrogen-bond acceptors (Lipinski definition) is 4. The van der Waals surface area contributed by atoms with Crippen LogP contribution in [-0.4, -0.2) is 24.1 Å². The van der Waals surface area contributed by atoms with Crippen LogP contribution in [0.15, 0.2) is 12.2 Å². The molecule has 28 heavy (non-hydrogen) atoms. The van der Waals surface area contributed by atoms with Crippen LogP contribution in [0.25, 0.3) is 0 Å².